The first-order valence-electron chi connectivity index (χ1n) is 7.82. The van der Waals surface area contributed by atoms with Gasteiger partial charge >= 0.3 is 0 Å². The first-order valence-corrected chi connectivity index (χ1v) is 8.70. The van der Waals surface area contributed by atoms with Gasteiger partial charge in [-0.1, -0.05) is 0 Å². The number of nitro groups is 1. The highest BCUT2D eigenvalue weighted by Crippen LogP contribution is 2.28. The fourth-order valence-electron chi connectivity index (χ4n) is 2.31. The number of thiazole rings is 1. The Balaban J connectivity index is 1.67. The molecule has 2 aromatic carbocycles. The molecule has 0 bridgehead atoms. The number of hydrogen-bond acceptors (Lipinski definition) is 8. The highest BCUT2D eigenvalue weighted by molar-refractivity contribution is 7.14. The molecule has 0 aliphatic carbocycles. The van der Waals surface area contributed by atoms with Crippen molar-refractivity contribution in [3.05, 3.63) is 63.5 Å². The normalized spacial score (nSPS) is 10.7. The smallest absolute Gasteiger partial charge is 0.269 e. The van der Waals surface area contributed by atoms with E-state index in [-0.39, 0.29) is 5.69 Å². The van der Waals surface area contributed by atoms with Crippen LogP contribution in [0.3, 0.4) is 0 Å². The second kappa shape index (κ2) is 8.28. The van der Waals surface area contributed by atoms with Crippen molar-refractivity contribution in [2.75, 3.05) is 19.6 Å². The molecule has 0 amide bonds. The van der Waals surface area contributed by atoms with Crippen molar-refractivity contribution < 1.29 is 14.4 Å². The summed E-state index contributed by atoms with van der Waals surface area (Å²) in [5.41, 5.74) is 5.28. The maximum atomic E-state index is 10.7. The van der Waals surface area contributed by atoms with Crippen molar-refractivity contribution in [3.63, 3.8) is 0 Å². The van der Waals surface area contributed by atoms with Crippen molar-refractivity contribution in [3.8, 4) is 22.8 Å². The first-order chi connectivity index (χ1) is 13.1. The van der Waals surface area contributed by atoms with Crippen LogP contribution in [0, 0.1) is 10.1 Å². The van der Waals surface area contributed by atoms with Crippen molar-refractivity contribution in [1.29, 1.82) is 0 Å². The van der Waals surface area contributed by atoms with Gasteiger partial charge in [0.25, 0.3) is 5.69 Å². The molecule has 9 heteroatoms. The molecular formula is C18H16N4O4S. The third-order valence-corrected chi connectivity index (χ3v) is 4.41. The first kappa shape index (κ1) is 18.3. The zero-order valence-electron chi connectivity index (χ0n) is 14.6. The number of nitro benzene ring substituents is 1. The Morgan fingerprint density at radius 3 is 2.56 bits per heavy atom. The lowest BCUT2D eigenvalue weighted by molar-refractivity contribution is -0.384. The number of anilines is 1. The van der Waals surface area contributed by atoms with Gasteiger partial charge in [-0.05, 0) is 35.9 Å². The fraction of sp³-hybridized carbons (Fsp3) is 0.111. The molecule has 1 N–H and O–H groups in total. The number of non-ortho nitro benzene ring substituents is 1. The van der Waals surface area contributed by atoms with E-state index in [0.29, 0.717) is 16.6 Å². The number of rotatable bonds is 7. The predicted octanol–water partition coefficient (Wildman–Crippen LogP) is 4.18. The van der Waals surface area contributed by atoms with Crippen LogP contribution < -0.4 is 14.9 Å². The SMILES string of the molecule is COc1ccc(/C=N/Nc2nc(-c3ccc([N+](=O)[O-])cc3)cs2)cc1OC. The van der Waals surface area contributed by atoms with Gasteiger partial charge in [-0.15, -0.1) is 11.3 Å². The van der Waals surface area contributed by atoms with Gasteiger partial charge in [0.2, 0.25) is 5.13 Å². The van der Waals surface area contributed by atoms with Crippen LogP contribution in [0.4, 0.5) is 10.8 Å². The molecule has 3 rings (SSSR count). The van der Waals surface area contributed by atoms with Crippen LogP contribution in [0.15, 0.2) is 52.9 Å². The summed E-state index contributed by atoms with van der Waals surface area (Å²) < 4.78 is 10.5. The topological polar surface area (TPSA) is 98.9 Å². The second-order valence-electron chi connectivity index (χ2n) is 5.33. The molecule has 8 nitrogen and oxygen atoms in total. The largest absolute Gasteiger partial charge is 0.493 e. The van der Waals surface area contributed by atoms with E-state index in [4.69, 9.17) is 9.47 Å². The van der Waals surface area contributed by atoms with Crippen LogP contribution in [0.5, 0.6) is 11.5 Å². The number of methoxy groups -OCH3 is 2. The third-order valence-electron chi connectivity index (χ3n) is 3.66. The Bertz CT molecular complexity index is 970. The van der Waals surface area contributed by atoms with Crippen LogP contribution in [0.1, 0.15) is 5.56 Å². The van der Waals surface area contributed by atoms with Gasteiger partial charge in [0.15, 0.2) is 11.5 Å². The van der Waals surface area contributed by atoms with Gasteiger partial charge < -0.3 is 9.47 Å². The van der Waals surface area contributed by atoms with E-state index in [0.717, 1.165) is 16.8 Å². The molecule has 0 saturated carbocycles. The summed E-state index contributed by atoms with van der Waals surface area (Å²) in [7, 11) is 3.16. The average molecular weight is 384 g/mol. The van der Waals surface area contributed by atoms with E-state index in [2.05, 4.69) is 15.5 Å². The summed E-state index contributed by atoms with van der Waals surface area (Å²) in [5.74, 6) is 1.27. The van der Waals surface area contributed by atoms with Crippen LogP contribution in [0.25, 0.3) is 11.3 Å². The number of nitrogens with zero attached hydrogens (tertiary/aromatic N) is 3. The molecule has 0 radical (unpaired) electrons. The quantitative estimate of drug-likeness (QED) is 0.373. The number of ether oxygens (including phenoxy) is 2. The Hall–Kier alpha value is -3.46. The summed E-state index contributed by atoms with van der Waals surface area (Å²) in [6.45, 7) is 0. The molecule has 1 aromatic heterocycles. The molecule has 0 spiro atoms. The summed E-state index contributed by atoms with van der Waals surface area (Å²) in [4.78, 5) is 14.7. The van der Waals surface area contributed by atoms with Gasteiger partial charge in [0.1, 0.15) is 0 Å². The minimum absolute atomic E-state index is 0.0480. The maximum Gasteiger partial charge on any atom is 0.269 e. The predicted molar refractivity (Wildman–Crippen MR) is 105 cm³/mol. The van der Waals surface area contributed by atoms with E-state index in [1.54, 1.807) is 38.6 Å². The minimum Gasteiger partial charge on any atom is -0.493 e. The lowest BCUT2D eigenvalue weighted by atomic mass is 10.1. The molecule has 1 heterocycles. The zero-order chi connectivity index (χ0) is 19.2. The molecule has 0 saturated heterocycles. The molecule has 0 unspecified atom stereocenters. The standard InChI is InChI=1S/C18H16N4O4S/c1-25-16-8-3-12(9-17(16)26-2)10-19-21-18-20-15(11-27-18)13-4-6-14(7-5-13)22(23)24/h3-11H,1-2H3,(H,20,21)/b19-10+. The highest BCUT2D eigenvalue weighted by Gasteiger charge is 2.08. The van der Waals surface area contributed by atoms with E-state index >= 15 is 0 Å². The van der Waals surface area contributed by atoms with Gasteiger partial charge in [-0.25, -0.2) is 4.98 Å². The van der Waals surface area contributed by atoms with Crippen LogP contribution in [0.2, 0.25) is 0 Å². The molecule has 0 fully saturated rings. The Morgan fingerprint density at radius 1 is 1.15 bits per heavy atom. The van der Waals surface area contributed by atoms with E-state index in [9.17, 15) is 10.1 Å². The number of benzene rings is 2. The van der Waals surface area contributed by atoms with Gasteiger partial charge in [0, 0.05) is 23.1 Å². The Labute approximate surface area is 159 Å². The molecule has 0 aliphatic rings. The van der Waals surface area contributed by atoms with E-state index in [1.807, 2.05) is 17.5 Å². The second-order valence-corrected chi connectivity index (χ2v) is 6.18. The molecular weight excluding hydrogens is 368 g/mol. The summed E-state index contributed by atoms with van der Waals surface area (Å²) >= 11 is 1.39. The lowest BCUT2D eigenvalue weighted by Gasteiger charge is -2.07. The molecule has 138 valence electrons. The van der Waals surface area contributed by atoms with Crippen molar-refractivity contribution >= 4 is 28.4 Å². The number of nitrogens with one attached hydrogen (secondary N) is 1. The van der Waals surface area contributed by atoms with E-state index in [1.165, 1.54) is 23.5 Å². The third kappa shape index (κ3) is 4.39. The number of hydrogen-bond donors (Lipinski definition) is 1. The molecule has 27 heavy (non-hydrogen) atoms. The van der Waals surface area contributed by atoms with Crippen molar-refractivity contribution in [2.24, 2.45) is 5.10 Å². The summed E-state index contributed by atoms with van der Waals surface area (Å²) in [5, 5.41) is 17.4. The van der Waals surface area contributed by atoms with E-state index < -0.39 is 4.92 Å². The number of hydrazone groups is 1. The van der Waals surface area contributed by atoms with Gasteiger partial charge in [-0.3, -0.25) is 15.5 Å². The molecule has 0 atom stereocenters. The Morgan fingerprint density at radius 2 is 1.89 bits per heavy atom. The molecule has 3 aromatic rings. The average Bonchev–Trinajstić information content (AvgIpc) is 3.16. The van der Waals surface area contributed by atoms with Crippen LogP contribution >= 0.6 is 11.3 Å². The zero-order valence-corrected chi connectivity index (χ0v) is 15.4. The lowest BCUT2D eigenvalue weighted by Crippen LogP contribution is -1.94. The van der Waals surface area contributed by atoms with Crippen LogP contribution in [-0.4, -0.2) is 30.3 Å². The monoisotopic (exact) mass is 384 g/mol. The highest BCUT2D eigenvalue weighted by atomic mass is 32.1. The maximum absolute atomic E-state index is 10.7. The van der Waals surface area contributed by atoms with Gasteiger partial charge in [-0.2, -0.15) is 5.10 Å². The van der Waals surface area contributed by atoms with Crippen molar-refractivity contribution in [2.45, 2.75) is 0 Å². The summed E-state index contributed by atoms with van der Waals surface area (Å²) in [6.07, 6.45) is 1.65. The number of aromatic nitrogens is 1. The Kier molecular flexibility index (Phi) is 5.62. The fourth-order valence-corrected chi connectivity index (χ4v) is 2.98. The summed E-state index contributed by atoms with van der Waals surface area (Å²) in [6, 6.07) is 11.7. The minimum atomic E-state index is -0.430. The van der Waals surface area contributed by atoms with Crippen LogP contribution in [-0.2, 0) is 0 Å². The van der Waals surface area contributed by atoms with Crippen molar-refractivity contribution in [1.82, 2.24) is 4.98 Å². The molecule has 0 aliphatic heterocycles. The van der Waals surface area contributed by atoms with Gasteiger partial charge in [0.05, 0.1) is 31.1 Å².